The number of Topliss-reactive ketones (excluding diaryl/α,β-unsaturated/α-hetero) is 2. The number of piperidine rings is 1. The molecule has 1 aromatic rings. The van der Waals surface area contributed by atoms with Crippen LogP contribution in [-0.4, -0.2) is 30.3 Å². The lowest BCUT2D eigenvalue weighted by Crippen LogP contribution is -2.48. The zero-order valence-corrected chi connectivity index (χ0v) is 16.5. The lowest BCUT2D eigenvalue weighted by Gasteiger charge is -2.41. The normalized spacial score (nSPS) is 24.7. The van der Waals surface area contributed by atoms with E-state index in [-0.39, 0.29) is 17.5 Å². The molecule has 0 saturated carbocycles. The van der Waals surface area contributed by atoms with Crippen LogP contribution in [0.3, 0.4) is 0 Å². The Morgan fingerprint density at radius 1 is 1.23 bits per heavy atom. The first-order valence-corrected chi connectivity index (χ1v) is 10.0. The molecule has 1 fully saturated rings. The van der Waals surface area contributed by atoms with E-state index in [1.54, 1.807) is 6.92 Å². The Morgan fingerprint density at radius 3 is 2.46 bits per heavy atom. The van der Waals surface area contributed by atoms with Crippen LogP contribution in [0.2, 0.25) is 0 Å². The van der Waals surface area contributed by atoms with Crippen LogP contribution in [0.4, 0.5) is 0 Å². The zero-order chi connectivity index (χ0) is 19.0. The number of hydrogen-bond acceptors (Lipinski definition) is 4. The Hall–Kier alpha value is -1.68. The maximum Gasteiger partial charge on any atom is 0.173 e. The van der Waals surface area contributed by atoms with Gasteiger partial charge in [-0.25, -0.2) is 0 Å². The van der Waals surface area contributed by atoms with Crippen molar-refractivity contribution in [2.75, 3.05) is 13.1 Å². The quantitative estimate of drug-likeness (QED) is 0.837. The van der Waals surface area contributed by atoms with Crippen molar-refractivity contribution < 1.29 is 14.3 Å². The van der Waals surface area contributed by atoms with Gasteiger partial charge in [-0.3, -0.25) is 4.79 Å². The summed E-state index contributed by atoms with van der Waals surface area (Å²) in [6.45, 7) is 8.15. The Balaban J connectivity index is 0.000000342. The highest BCUT2D eigenvalue weighted by Crippen LogP contribution is 2.41. The molecule has 0 bridgehead atoms. The van der Waals surface area contributed by atoms with Gasteiger partial charge in [0.05, 0.1) is 11.5 Å². The number of rotatable bonds is 5. The summed E-state index contributed by atoms with van der Waals surface area (Å²) in [5.41, 5.74) is 0.143. The molecule has 144 valence electrons. The van der Waals surface area contributed by atoms with Gasteiger partial charge in [0.2, 0.25) is 0 Å². The highest BCUT2D eigenvalue weighted by Gasteiger charge is 2.45. The minimum atomic E-state index is -0.504. The Kier molecular flexibility index (Phi) is 7.83. The summed E-state index contributed by atoms with van der Waals surface area (Å²) in [4.78, 5) is 24.0. The number of benzene rings is 1. The first-order valence-electron chi connectivity index (χ1n) is 10.0. The SMILES string of the molecule is C1CCNCC1.CCCC1(C)Oc2ccccc2C(=O)C1CCC(C)=O. The molecule has 0 amide bonds. The predicted octanol–water partition coefficient (Wildman–Crippen LogP) is 4.57. The molecule has 2 atom stereocenters. The van der Waals surface area contributed by atoms with Crippen LogP contribution >= 0.6 is 0 Å². The Morgan fingerprint density at radius 2 is 1.92 bits per heavy atom. The number of ketones is 2. The number of fused-ring (bicyclic) bond motifs is 1. The second-order valence-corrected chi connectivity index (χ2v) is 7.63. The molecule has 2 unspecified atom stereocenters. The van der Waals surface area contributed by atoms with Crippen molar-refractivity contribution in [3.05, 3.63) is 29.8 Å². The topological polar surface area (TPSA) is 55.4 Å². The first kappa shape index (κ1) is 20.6. The van der Waals surface area contributed by atoms with Crippen molar-refractivity contribution in [2.24, 2.45) is 5.92 Å². The molecule has 1 saturated heterocycles. The van der Waals surface area contributed by atoms with Gasteiger partial charge in [0.25, 0.3) is 0 Å². The molecule has 0 spiro atoms. The molecule has 2 aliphatic heterocycles. The van der Waals surface area contributed by atoms with Gasteiger partial charge in [0, 0.05) is 6.42 Å². The molecule has 26 heavy (non-hydrogen) atoms. The summed E-state index contributed by atoms with van der Waals surface area (Å²) in [6, 6.07) is 7.39. The third kappa shape index (κ3) is 5.41. The molecular weight excluding hydrogens is 326 g/mol. The van der Waals surface area contributed by atoms with E-state index in [1.165, 1.54) is 32.4 Å². The summed E-state index contributed by atoms with van der Waals surface area (Å²) in [6.07, 6.45) is 6.98. The largest absolute Gasteiger partial charge is 0.486 e. The third-order valence-electron chi connectivity index (χ3n) is 5.29. The van der Waals surface area contributed by atoms with Crippen molar-refractivity contribution >= 4 is 11.6 Å². The fourth-order valence-corrected chi connectivity index (χ4v) is 3.85. The van der Waals surface area contributed by atoms with E-state index in [0.717, 1.165) is 12.8 Å². The molecule has 0 aromatic heterocycles. The summed E-state index contributed by atoms with van der Waals surface area (Å²) >= 11 is 0. The molecule has 3 rings (SSSR count). The van der Waals surface area contributed by atoms with Gasteiger partial charge in [-0.2, -0.15) is 0 Å². The second kappa shape index (κ2) is 9.86. The van der Waals surface area contributed by atoms with Crippen molar-refractivity contribution in [3.63, 3.8) is 0 Å². The minimum absolute atomic E-state index is 0.115. The minimum Gasteiger partial charge on any atom is -0.486 e. The first-order chi connectivity index (χ1) is 12.5. The third-order valence-corrected chi connectivity index (χ3v) is 5.29. The van der Waals surface area contributed by atoms with Gasteiger partial charge in [-0.15, -0.1) is 0 Å². The summed E-state index contributed by atoms with van der Waals surface area (Å²) in [7, 11) is 0. The predicted molar refractivity (Wildman–Crippen MR) is 105 cm³/mol. The zero-order valence-electron chi connectivity index (χ0n) is 16.5. The average molecular weight is 360 g/mol. The maximum atomic E-state index is 12.7. The lowest BCUT2D eigenvalue weighted by atomic mass is 9.75. The van der Waals surface area contributed by atoms with Crippen LogP contribution in [0.25, 0.3) is 0 Å². The van der Waals surface area contributed by atoms with Gasteiger partial charge in [-0.05, 0) is 64.8 Å². The van der Waals surface area contributed by atoms with Gasteiger partial charge < -0.3 is 14.8 Å². The van der Waals surface area contributed by atoms with E-state index in [9.17, 15) is 9.59 Å². The van der Waals surface area contributed by atoms with E-state index in [4.69, 9.17) is 4.74 Å². The fourth-order valence-electron chi connectivity index (χ4n) is 3.85. The Bertz CT molecular complexity index is 598. The van der Waals surface area contributed by atoms with Crippen LogP contribution in [0.15, 0.2) is 24.3 Å². The van der Waals surface area contributed by atoms with Crippen LogP contribution in [0.5, 0.6) is 5.75 Å². The summed E-state index contributed by atoms with van der Waals surface area (Å²) in [5, 5.41) is 3.28. The van der Waals surface area contributed by atoms with Crippen LogP contribution in [-0.2, 0) is 4.79 Å². The van der Waals surface area contributed by atoms with Crippen LogP contribution in [0, 0.1) is 5.92 Å². The molecular formula is C22H33NO3. The average Bonchev–Trinajstić information content (AvgIpc) is 2.63. The summed E-state index contributed by atoms with van der Waals surface area (Å²) in [5.74, 6) is 0.674. The van der Waals surface area contributed by atoms with Crippen molar-refractivity contribution in [1.82, 2.24) is 5.32 Å². The maximum absolute atomic E-state index is 12.7. The van der Waals surface area contributed by atoms with Crippen molar-refractivity contribution in [1.29, 1.82) is 0 Å². The van der Waals surface area contributed by atoms with Gasteiger partial charge >= 0.3 is 0 Å². The van der Waals surface area contributed by atoms with Crippen molar-refractivity contribution in [2.45, 2.75) is 71.3 Å². The monoisotopic (exact) mass is 359 g/mol. The molecule has 2 heterocycles. The van der Waals surface area contributed by atoms with Crippen molar-refractivity contribution in [3.8, 4) is 5.75 Å². The smallest absolute Gasteiger partial charge is 0.173 e. The van der Waals surface area contributed by atoms with Crippen LogP contribution in [0.1, 0.15) is 76.1 Å². The second-order valence-electron chi connectivity index (χ2n) is 7.63. The van der Waals surface area contributed by atoms with Crippen LogP contribution < -0.4 is 10.1 Å². The number of hydrogen-bond donors (Lipinski definition) is 1. The summed E-state index contributed by atoms with van der Waals surface area (Å²) < 4.78 is 6.14. The van der Waals surface area contributed by atoms with Gasteiger partial charge in [0.15, 0.2) is 5.78 Å². The number of nitrogens with one attached hydrogen (secondary N) is 1. The van der Waals surface area contributed by atoms with E-state index in [2.05, 4.69) is 12.2 Å². The van der Waals surface area contributed by atoms with Gasteiger partial charge in [-0.1, -0.05) is 31.9 Å². The highest BCUT2D eigenvalue weighted by atomic mass is 16.5. The standard InChI is InChI=1S/C17H22O3.C5H11N/c1-4-11-17(3)14(10-9-12(2)18)16(19)13-7-5-6-8-15(13)20-17;1-2-4-6-5-3-1/h5-8,14H,4,9-11H2,1-3H3;6H,1-5H2. The highest BCUT2D eigenvalue weighted by molar-refractivity contribution is 6.02. The van der Waals surface area contributed by atoms with E-state index >= 15 is 0 Å². The van der Waals surface area contributed by atoms with E-state index < -0.39 is 5.60 Å². The number of ether oxygens (including phenoxy) is 1. The molecule has 4 nitrogen and oxygen atoms in total. The van der Waals surface area contributed by atoms with E-state index in [1.807, 2.05) is 31.2 Å². The fraction of sp³-hybridized carbons (Fsp3) is 0.636. The number of carbonyl (C=O) groups is 2. The molecule has 1 aromatic carbocycles. The number of para-hydroxylation sites is 1. The Labute approximate surface area is 157 Å². The molecule has 0 aliphatic carbocycles. The number of carbonyl (C=O) groups excluding carboxylic acids is 2. The molecule has 0 radical (unpaired) electrons. The molecule has 1 N–H and O–H groups in total. The lowest BCUT2D eigenvalue weighted by molar-refractivity contribution is -0.117. The van der Waals surface area contributed by atoms with Gasteiger partial charge in [0.1, 0.15) is 17.1 Å². The van der Waals surface area contributed by atoms with E-state index in [0.29, 0.717) is 24.2 Å². The molecule has 2 aliphatic rings. The molecule has 4 heteroatoms.